The van der Waals surface area contributed by atoms with Gasteiger partial charge in [-0.3, -0.25) is 0 Å². The van der Waals surface area contributed by atoms with Crippen LogP contribution in [0, 0.1) is 0 Å². The first-order valence-electron chi connectivity index (χ1n) is 7.09. The Bertz CT molecular complexity index is 747. The molecule has 0 amide bonds. The Morgan fingerprint density at radius 1 is 1.00 bits per heavy atom. The van der Waals surface area contributed by atoms with Crippen molar-refractivity contribution in [2.75, 3.05) is 0 Å². The van der Waals surface area contributed by atoms with Gasteiger partial charge >= 0.3 is 6.16 Å². The molecule has 2 aromatic rings. The van der Waals surface area contributed by atoms with Crippen LogP contribution in [-0.4, -0.2) is 11.9 Å². The molecule has 0 aliphatic carbocycles. The van der Waals surface area contributed by atoms with Gasteiger partial charge in [-0.1, -0.05) is 24.8 Å². The predicted octanol–water partition coefficient (Wildman–Crippen LogP) is 4.41. The predicted molar refractivity (Wildman–Crippen MR) is 85.0 cm³/mol. The van der Waals surface area contributed by atoms with E-state index in [0.717, 1.165) is 5.56 Å². The van der Waals surface area contributed by atoms with E-state index in [0.29, 0.717) is 23.0 Å². The maximum atomic E-state index is 11.8. The lowest BCUT2D eigenvalue weighted by atomic mass is 10.2. The highest BCUT2D eigenvalue weighted by Gasteiger charge is 2.32. The van der Waals surface area contributed by atoms with Crippen LogP contribution < -0.4 is 18.9 Å². The van der Waals surface area contributed by atoms with Crippen molar-refractivity contribution < 1.29 is 23.7 Å². The molecule has 1 aliphatic rings. The zero-order chi connectivity index (χ0) is 16.4. The van der Waals surface area contributed by atoms with Crippen LogP contribution in [0.1, 0.15) is 19.4 Å². The van der Waals surface area contributed by atoms with Crippen molar-refractivity contribution in [2.24, 2.45) is 0 Å². The van der Waals surface area contributed by atoms with E-state index in [9.17, 15) is 4.79 Å². The molecule has 0 N–H and O–H groups in total. The molecule has 3 rings (SSSR count). The minimum atomic E-state index is -0.825. The fourth-order valence-electron chi connectivity index (χ4n) is 2.15. The molecule has 118 valence electrons. The van der Waals surface area contributed by atoms with E-state index < -0.39 is 11.9 Å². The van der Waals surface area contributed by atoms with Crippen molar-refractivity contribution in [3.63, 3.8) is 0 Å². The molecule has 0 bridgehead atoms. The zero-order valence-electron chi connectivity index (χ0n) is 12.9. The summed E-state index contributed by atoms with van der Waals surface area (Å²) in [7, 11) is 0. The SMILES string of the molecule is C=Cc1ccc(OC(=O)Oc2ccc3c(c2)OC(C)(C)O3)cc1. The molecule has 0 aromatic heterocycles. The Morgan fingerprint density at radius 2 is 1.61 bits per heavy atom. The normalized spacial score (nSPS) is 14.2. The van der Waals surface area contributed by atoms with Crippen LogP contribution in [0.5, 0.6) is 23.0 Å². The first-order valence-corrected chi connectivity index (χ1v) is 7.09. The molecule has 1 heterocycles. The van der Waals surface area contributed by atoms with E-state index >= 15 is 0 Å². The number of ether oxygens (including phenoxy) is 4. The van der Waals surface area contributed by atoms with Gasteiger partial charge in [0.2, 0.25) is 5.79 Å². The van der Waals surface area contributed by atoms with Crippen LogP contribution in [0.3, 0.4) is 0 Å². The van der Waals surface area contributed by atoms with Gasteiger partial charge in [-0.15, -0.1) is 0 Å². The second-order valence-corrected chi connectivity index (χ2v) is 5.44. The number of carbonyl (C=O) groups is 1. The fourth-order valence-corrected chi connectivity index (χ4v) is 2.15. The van der Waals surface area contributed by atoms with Crippen molar-refractivity contribution in [3.8, 4) is 23.0 Å². The summed E-state index contributed by atoms with van der Waals surface area (Å²) in [6, 6.07) is 11.8. The molecule has 0 saturated carbocycles. The Labute approximate surface area is 134 Å². The fraction of sp³-hybridized carbons (Fsp3) is 0.167. The number of rotatable bonds is 3. The lowest BCUT2D eigenvalue weighted by Gasteiger charge is -2.16. The number of carbonyl (C=O) groups excluding carboxylic acids is 1. The first-order chi connectivity index (χ1) is 10.9. The number of benzene rings is 2. The number of hydrogen-bond acceptors (Lipinski definition) is 5. The third-order valence-corrected chi connectivity index (χ3v) is 3.14. The number of fused-ring (bicyclic) bond motifs is 1. The van der Waals surface area contributed by atoms with Gasteiger partial charge in [-0.25, -0.2) is 4.79 Å². The molecular formula is C18H16O5. The zero-order valence-corrected chi connectivity index (χ0v) is 12.9. The summed E-state index contributed by atoms with van der Waals surface area (Å²) in [5.41, 5.74) is 0.934. The third-order valence-electron chi connectivity index (χ3n) is 3.14. The molecule has 0 radical (unpaired) electrons. The lowest BCUT2D eigenvalue weighted by molar-refractivity contribution is -0.0431. The molecule has 0 atom stereocenters. The standard InChI is InChI=1S/C18H16O5/c1-4-12-5-7-13(8-6-12)20-17(19)21-14-9-10-15-16(11-14)23-18(2,3)22-15/h4-11H,1H2,2-3H3. The highest BCUT2D eigenvalue weighted by molar-refractivity contribution is 5.68. The minimum absolute atomic E-state index is 0.317. The molecule has 1 aliphatic heterocycles. The molecule has 2 aromatic carbocycles. The molecule has 0 spiro atoms. The quantitative estimate of drug-likeness (QED) is 0.620. The van der Waals surface area contributed by atoms with Gasteiger partial charge in [0.15, 0.2) is 11.5 Å². The molecule has 0 fully saturated rings. The average Bonchev–Trinajstić information content (AvgIpc) is 2.81. The molecule has 0 unspecified atom stereocenters. The van der Waals surface area contributed by atoms with Crippen LogP contribution in [0.25, 0.3) is 6.08 Å². The van der Waals surface area contributed by atoms with Crippen molar-refractivity contribution in [1.29, 1.82) is 0 Å². The van der Waals surface area contributed by atoms with Gasteiger partial charge in [-0.2, -0.15) is 0 Å². The van der Waals surface area contributed by atoms with Crippen LogP contribution >= 0.6 is 0 Å². The summed E-state index contributed by atoms with van der Waals surface area (Å²) in [5.74, 6) is 1.11. The highest BCUT2D eigenvalue weighted by atomic mass is 16.7. The van der Waals surface area contributed by atoms with Crippen LogP contribution in [0.4, 0.5) is 4.79 Å². The summed E-state index contributed by atoms with van der Waals surface area (Å²) in [5, 5.41) is 0. The van der Waals surface area contributed by atoms with Crippen LogP contribution in [0.15, 0.2) is 49.0 Å². The monoisotopic (exact) mass is 312 g/mol. The Balaban J connectivity index is 1.65. The maximum Gasteiger partial charge on any atom is 0.519 e. The molecular weight excluding hydrogens is 296 g/mol. The van der Waals surface area contributed by atoms with E-state index in [1.165, 1.54) is 0 Å². The Kier molecular flexibility index (Phi) is 3.70. The summed E-state index contributed by atoms with van der Waals surface area (Å²) in [6.07, 6.45) is 0.880. The number of hydrogen-bond donors (Lipinski definition) is 0. The van der Waals surface area contributed by atoms with E-state index in [1.807, 2.05) is 0 Å². The maximum absolute atomic E-state index is 11.8. The van der Waals surface area contributed by atoms with Gasteiger partial charge in [0.25, 0.3) is 0 Å². The molecule has 0 saturated heterocycles. The Hall–Kier alpha value is -2.95. The topological polar surface area (TPSA) is 54.0 Å². The van der Waals surface area contributed by atoms with Crippen molar-refractivity contribution in [3.05, 3.63) is 54.6 Å². The average molecular weight is 312 g/mol. The van der Waals surface area contributed by atoms with Crippen molar-refractivity contribution in [1.82, 2.24) is 0 Å². The second kappa shape index (κ2) is 5.68. The van der Waals surface area contributed by atoms with Gasteiger partial charge in [-0.05, 0) is 29.8 Å². The highest BCUT2D eigenvalue weighted by Crippen LogP contribution is 2.41. The van der Waals surface area contributed by atoms with Crippen LogP contribution in [0.2, 0.25) is 0 Å². The first kappa shape index (κ1) is 15.0. The summed E-state index contributed by atoms with van der Waals surface area (Å²) < 4.78 is 21.4. The van der Waals surface area contributed by atoms with Crippen molar-refractivity contribution in [2.45, 2.75) is 19.6 Å². The van der Waals surface area contributed by atoms with Gasteiger partial charge in [0, 0.05) is 19.9 Å². The van der Waals surface area contributed by atoms with Crippen LogP contribution in [-0.2, 0) is 0 Å². The summed E-state index contributed by atoms with van der Waals surface area (Å²) >= 11 is 0. The Morgan fingerprint density at radius 3 is 2.30 bits per heavy atom. The smallest absolute Gasteiger partial charge is 0.449 e. The molecule has 5 heteroatoms. The van der Waals surface area contributed by atoms with E-state index in [1.54, 1.807) is 62.4 Å². The van der Waals surface area contributed by atoms with Gasteiger partial charge in [0.1, 0.15) is 11.5 Å². The third kappa shape index (κ3) is 3.45. The van der Waals surface area contributed by atoms with Gasteiger partial charge in [0.05, 0.1) is 0 Å². The summed E-state index contributed by atoms with van der Waals surface area (Å²) in [6.45, 7) is 7.26. The largest absolute Gasteiger partial charge is 0.519 e. The van der Waals surface area contributed by atoms with Crippen molar-refractivity contribution >= 4 is 12.2 Å². The molecule has 5 nitrogen and oxygen atoms in total. The summed E-state index contributed by atoms with van der Waals surface area (Å²) in [4.78, 5) is 11.8. The molecule has 23 heavy (non-hydrogen) atoms. The van der Waals surface area contributed by atoms with Gasteiger partial charge < -0.3 is 18.9 Å². The second-order valence-electron chi connectivity index (χ2n) is 5.44. The van der Waals surface area contributed by atoms with E-state index in [4.69, 9.17) is 18.9 Å². The minimum Gasteiger partial charge on any atom is -0.449 e. The lowest BCUT2D eigenvalue weighted by Crippen LogP contribution is -2.29. The van der Waals surface area contributed by atoms with E-state index in [-0.39, 0.29) is 0 Å². The van der Waals surface area contributed by atoms with E-state index in [2.05, 4.69) is 6.58 Å².